The van der Waals surface area contributed by atoms with Crippen LogP contribution in [0.2, 0.25) is 0 Å². The molecule has 0 saturated carbocycles. The van der Waals surface area contributed by atoms with Crippen LogP contribution in [0, 0.1) is 6.92 Å². The van der Waals surface area contributed by atoms with Crippen LogP contribution < -0.4 is 11.1 Å². The van der Waals surface area contributed by atoms with Crippen LogP contribution in [0.1, 0.15) is 42.5 Å². The second kappa shape index (κ2) is 7.92. The maximum Gasteiger partial charge on any atom is 0.251 e. The van der Waals surface area contributed by atoms with Crippen molar-refractivity contribution in [1.29, 1.82) is 0 Å². The van der Waals surface area contributed by atoms with Crippen molar-refractivity contribution in [3.8, 4) is 11.1 Å². The molecular formula is C27H28N2O. The molecule has 3 N–H and O–H groups in total. The molecule has 1 aliphatic carbocycles. The van der Waals surface area contributed by atoms with Crippen LogP contribution in [-0.4, -0.2) is 5.91 Å². The van der Waals surface area contributed by atoms with Crippen molar-refractivity contribution in [3.63, 3.8) is 0 Å². The number of nitrogens with one attached hydrogen (secondary N) is 1. The molecule has 0 aromatic heterocycles. The zero-order valence-corrected chi connectivity index (χ0v) is 17.8. The van der Waals surface area contributed by atoms with Crippen LogP contribution in [0.5, 0.6) is 0 Å². The molecule has 0 heterocycles. The number of benzene rings is 3. The first-order valence-corrected chi connectivity index (χ1v) is 10.4. The Balaban J connectivity index is 1.56. The van der Waals surface area contributed by atoms with Crippen molar-refractivity contribution >= 4 is 17.7 Å². The van der Waals surface area contributed by atoms with Gasteiger partial charge in [0.1, 0.15) is 0 Å². The summed E-state index contributed by atoms with van der Waals surface area (Å²) >= 11 is 0. The molecular weight excluding hydrogens is 368 g/mol. The summed E-state index contributed by atoms with van der Waals surface area (Å²) in [5.41, 5.74) is 14.4. The molecule has 0 fully saturated rings. The zero-order valence-electron chi connectivity index (χ0n) is 17.8. The van der Waals surface area contributed by atoms with Crippen molar-refractivity contribution in [1.82, 2.24) is 0 Å². The Labute approximate surface area is 178 Å². The van der Waals surface area contributed by atoms with Crippen LogP contribution in [-0.2, 0) is 16.8 Å². The molecule has 30 heavy (non-hydrogen) atoms. The van der Waals surface area contributed by atoms with Gasteiger partial charge in [0.15, 0.2) is 0 Å². The highest BCUT2D eigenvalue weighted by molar-refractivity contribution is 6.07. The van der Waals surface area contributed by atoms with E-state index in [1.165, 1.54) is 16.7 Å². The van der Waals surface area contributed by atoms with Gasteiger partial charge in [-0.2, -0.15) is 0 Å². The van der Waals surface area contributed by atoms with E-state index in [9.17, 15) is 4.79 Å². The fourth-order valence-electron chi connectivity index (χ4n) is 4.15. The molecule has 0 spiro atoms. The normalized spacial score (nSPS) is 13.4. The SMILES string of the molecule is Cc1cc(NC(=O)C2=Cc3cc(-c4ccccc4)ccc3CC2)ccc1C(C)(C)N. The first-order valence-electron chi connectivity index (χ1n) is 10.4. The number of anilines is 1. The van der Waals surface area contributed by atoms with Crippen LogP contribution in [0.4, 0.5) is 5.69 Å². The van der Waals surface area contributed by atoms with Crippen molar-refractivity contribution in [2.45, 2.75) is 39.2 Å². The molecule has 0 aliphatic heterocycles. The van der Waals surface area contributed by atoms with Gasteiger partial charge in [-0.25, -0.2) is 0 Å². The predicted octanol–water partition coefficient (Wildman–Crippen LogP) is 5.82. The van der Waals surface area contributed by atoms with Crippen LogP contribution in [0.3, 0.4) is 0 Å². The van der Waals surface area contributed by atoms with E-state index in [2.05, 4.69) is 35.6 Å². The quantitative estimate of drug-likeness (QED) is 0.583. The summed E-state index contributed by atoms with van der Waals surface area (Å²) in [5.74, 6) is -0.0371. The number of aryl methyl sites for hydroxylation is 2. The van der Waals surface area contributed by atoms with E-state index in [-0.39, 0.29) is 5.91 Å². The van der Waals surface area contributed by atoms with Crippen molar-refractivity contribution in [2.24, 2.45) is 5.73 Å². The summed E-state index contributed by atoms with van der Waals surface area (Å²) in [6, 6.07) is 22.8. The standard InChI is InChI=1S/C27H28N2O/c1-18-15-24(13-14-25(18)27(2,3)28)29-26(30)22-12-10-20-9-11-21(16-23(20)17-22)19-7-5-4-6-8-19/h4-9,11,13-17H,10,12,28H2,1-3H3,(H,29,30). The maximum atomic E-state index is 12.9. The molecule has 3 heteroatoms. The first-order chi connectivity index (χ1) is 14.3. The number of fused-ring (bicyclic) bond motifs is 1. The lowest BCUT2D eigenvalue weighted by Crippen LogP contribution is -2.29. The summed E-state index contributed by atoms with van der Waals surface area (Å²) in [7, 11) is 0. The third-order valence-corrected chi connectivity index (χ3v) is 5.72. The Hall–Kier alpha value is -3.17. The maximum absolute atomic E-state index is 12.9. The summed E-state index contributed by atoms with van der Waals surface area (Å²) in [5, 5.41) is 3.06. The molecule has 0 bridgehead atoms. The average Bonchev–Trinajstić information content (AvgIpc) is 2.72. The smallest absolute Gasteiger partial charge is 0.251 e. The Kier molecular flexibility index (Phi) is 5.31. The van der Waals surface area contributed by atoms with Gasteiger partial charge in [-0.3, -0.25) is 4.79 Å². The number of hydrogen-bond acceptors (Lipinski definition) is 2. The third-order valence-electron chi connectivity index (χ3n) is 5.72. The van der Waals surface area contributed by atoms with Gasteiger partial charge in [-0.1, -0.05) is 48.5 Å². The molecule has 0 atom stereocenters. The highest BCUT2D eigenvalue weighted by Crippen LogP contribution is 2.30. The molecule has 3 nitrogen and oxygen atoms in total. The highest BCUT2D eigenvalue weighted by Gasteiger charge is 2.19. The molecule has 0 radical (unpaired) electrons. The lowest BCUT2D eigenvalue weighted by Gasteiger charge is -2.22. The van der Waals surface area contributed by atoms with E-state index in [4.69, 9.17) is 5.73 Å². The lowest BCUT2D eigenvalue weighted by molar-refractivity contribution is -0.112. The summed E-state index contributed by atoms with van der Waals surface area (Å²) < 4.78 is 0. The van der Waals surface area contributed by atoms with Gasteiger partial charge >= 0.3 is 0 Å². The average molecular weight is 397 g/mol. The van der Waals surface area contributed by atoms with Gasteiger partial charge in [0.25, 0.3) is 5.91 Å². The third kappa shape index (κ3) is 4.22. The zero-order chi connectivity index (χ0) is 21.3. The van der Waals surface area contributed by atoms with Crippen molar-refractivity contribution in [2.75, 3.05) is 5.32 Å². The molecule has 0 unspecified atom stereocenters. The molecule has 1 amide bonds. The van der Waals surface area contributed by atoms with E-state index in [1.807, 2.05) is 63.2 Å². The second-order valence-electron chi connectivity index (χ2n) is 8.65. The second-order valence-corrected chi connectivity index (χ2v) is 8.65. The number of carbonyl (C=O) groups excluding carboxylic acids is 1. The first kappa shape index (κ1) is 20.1. The summed E-state index contributed by atoms with van der Waals surface area (Å²) in [6.07, 6.45) is 3.66. The molecule has 152 valence electrons. The van der Waals surface area contributed by atoms with Gasteiger partial charge in [-0.05, 0) is 91.3 Å². The molecule has 0 saturated heterocycles. The highest BCUT2D eigenvalue weighted by atomic mass is 16.1. The minimum absolute atomic E-state index is 0.0371. The van der Waals surface area contributed by atoms with Crippen molar-refractivity contribution in [3.05, 3.63) is 94.6 Å². The molecule has 1 aliphatic rings. The van der Waals surface area contributed by atoms with Crippen molar-refractivity contribution < 1.29 is 4.79 Å². The largest absolute Gasteiger partial charge is 0.322 e. The van der Waals surface area contributed by atoms with Crippen LogP contribution in [0.15, 0.2) is 72.3 Å². The topological polar surface area (TPSA) is 55.1 Å². The number of rotatable bonds is 4. The van der Waals surface area contributed by atoms with E-state index < -0.39 is 5.54 Å². The van der Waals surface area contributed by atoms with E-state index in [1.54, 1.807) is 0 Å². The van der Waals surface area contributed by atoms with Gasteiger partial charge in [0.05, 0.1) is 0 Å². The Morgan fingerprint density at radius 2 is 1.70 bits per heavy atom. The Morgan fingerprint density at radius 3 is 2.40 bits per heavy atom. The monoisotopic (exact) mass is 396 g/mol. The fraction of sp³-hybridized carbons (Fsp3) is 0.222. The summed E-state index contributed by atoms with van der Waals surface area (Å²) in [4.78, 5) is 12.9. The Morgan fingerprint density at radius 1 is 0.933 bits per heavy atom. The Bertz CT molecular complexity index is 1120. The molecule has 3 aromatic carbocycles. The minimum Gasteiger partial charge on any atom is -0.322 e. The molecule has 4 rings (SSSR count). The minimum atomic E-state index is -0.404. The number of hydrogen-bond donors (Lipinski definition) is 2. The van der Waals surface area contributed by atoms with Gasteiger partial charge in [0.2, 0.25) is 0 Å². The number of amides is 1. The predicted molar refractivity (Wildman–Crippen MR) is 125 cm³/mol. The van der Waals surface area contributed by atoms with E-state index in [0.29, 0.717) is 0 Å². The van der Waals surface area contributed by atoms with Crippen LogP contribution in [0.25, 0.3) is 17.2 Å². The lowest BCUT2D eigenvalue weighted by atomic mass is 9.89. The van der Waals surface area contributed by atoms with E-state index >= 15 is 0 Å². The molecule has 3 aromatic rings. The fourth-order valence-corrected chi connectivity index (χ4v) is 4.15. The van der Waals surface area contributed by atoms with Crippen LogP contribution >= 0.6 is 0 Å². The van der Waals surface area contributed by atoms with Gasteiger partial charge < -0.3 is 11.1 Å². The van der Waals surface area contributed by atoms with Gasteiger partial charge in [0, 0.05) is 16.8 Å². The number of carbonyl (C=O) groups is 1. The van der Waals surface area contributed by atoms with Gasteiger partial charge in [-0.15, -0.1) is 0 Å². The number of nitrogens with two attached hydrogens (primary N) is 1. The summed E-state index contributed by atoms with van der Waals surface area (Å²) in [6.45, 7) is 6.00. The van der Waals surface area contributed by atoms with E-state index in [0.717, 1.165) is 40.8 Å².